The molecule has 0 unspecified atom stereocenters. The number of hydrogen-bond donors (Lipinski definition) is 1. The van der Waals surface area contributed by atoms with E-state index in [4.69, 9.17) is 11.6 Å². The number of carbonyl (C=O) groups is 1. The maximum absolute atomic E-state index is 12.4. The third-order valence-corrected chi connectivity index (χ3v) is 7.24. The molecule has 0 atom stereocenters. The second-order valence-corrected chi connectivity index (χ2v) is 10.2. The number of halogens is 1. The van der Waals surface area contributed by atoms with Crippen LogP contribution in [0.25, 0.3) is 0 Å². The van der Waals surface area contributed by atoms with Gasteiger partial charge in [0.1, 0.15) is 0 Å². The number of rotatable bonds is 4. The minimum Gasteiger partial charge on any atom is -0.325 e. The molecule has 1 amide bonds. The molecule has 1 N–H and O–H groups in total. The highest BCUT2D eigenvalue weighted by molar-refractivity contribution is 7.92. The first-order valence-corrected chi connectivity index (χ1v) is 11.8. The highest BCUT2D eigenvalue weighted by Crippen LogP contribution is 2.47. The van der Waals surface area contributed by atoms with Crippen LogP contribution in [0.5, 0.6) is 0 Å². The fourth-order valence-electron chi connectivity index (χ4n) is 4.42. The number of benzene rings is 2. The predicted octanol–water partition coefficient (Wildman–Crippen LogP) is 3.09. The average Bonchev–Trinajstić information content (AvgIpc) is 2.99. The first kappa shape index (κ1) is 20.2. The van der Waals surface area contributed by atoms with Crippen LogP contribution in [0.1, 0.15) is 18.4 Å². The molecule has 1 fully saturated rings. The standard InChI is InChI=1S/C21H24ClN3O3S/c1-29(27,28)25-15-21(18-7-2-3-8-19(18)25)9-11-24(12-10-21)14-20(26)23-17-6-4-5-16(22)13-17/h2-8,13H,9-12,14-15H2,1H3,(H,23,26). The first-order valence-electron chi connectivity index (χ1n) is 9.62. The van der Waals surface area contributed by atoms with Gasteiger partial charge in [-0.2, -0.15) is 0 Å². The normalized spacial score (nSPS) is 18.6. The van der Waals surface area contributed by atoms with E-state index in [1.807, 2.05) is 30.3 Å². The van der Waals surface area contributed by atoms with E-state index in [1.165, 1.54) is 10.6 Å². The van der Waals surface area contributed by atoms with Crippen molar-refractivity contribution in [1.29, 1.82) is 0 Å². The molecule has 2 heterocycles. The number of fused-ring (bicyclic) bond motifs is 2. The molecule has 6 nitrogen and oxygen atoms in total. The molecule has 2 aromatic carbocycles. The van der Waals surface area contributed by atoms with E-state index in [1.54, 1.807) is 18.2 Å². The molecule has 0 bridgehead atoms. The number of nitrogens with one attached hydrogen (secondary N) is 1. The van der Waals surface area contributed by atoms with Crippen LogP contribution in [0, 0.1) is 0 Å². The lowest BCUT2D eigenvalue weighted by atomic mass is 9.74. The molecular weight excluding hydrogens is 410 g/mol. The van der Waals surface area contributed by atoms with Gasteiger partial charge in [0.25, 0.3) is 0 Å². The molecule has 4 rings (SSSR count). The van der Waals surface area contributed by atoms with E-state index in [9.17, 15) is 13.2 Å². The van der Waals surface area contributed by atoms with Crippen LogP contribution in [-0.2, 0) is 20.2 Å². The second kappa shape index (κ2) is 7.63. The lowest BCUT2D eigenvalue weighted by molar-refractivity contribution is -0.117. The smallest absolute Gasteiger partial charge is 0.238 e. The van der Waals surface area contributed by atoms with Crippen LogP contribution >= 0.6 is 11.6 Å². The zero-order chi connectivity index (χ0) is 20.6. The molecule has 2 aliphatic heterocycles. The topological polar surface area (TPSA) is 69.7 Å². The molecule has 2 aromatic rings. The van der Waals surface area contributed by atoms with Gasteiger partial charge in [0.15, 0.2) is 0 Å². The summed E-state index contributed by atoms with van der Waals surface area (Å²) in [6.07, 6.45) is 2.90. The number of carbonyl (C=O) groups excluding carboxylic acids is 1. The lowest BCUT2D eigenvalue weighted by Crippen LogP contribution is -2.47. The Morgan fingerprint density at radius 1 is 1.14 bits per heavy atom. The summed E-state index contributed by atoms with van der Waals surface area (Å²) in [5.74, 6) is -0.0761. The Bertz CT molecular complexity index is 1030. The summed E-state index contributed by atoms with van der Waals surface area (Å²) in [6, 6.07) is 14.9. The fourth-order valence-corrected chi connectivity index (χ4v) is 5.61. The van der Waals surface area contributed by atoms with Crippen molar-refractivity contribution in [2.75, 3.05) is 42.1 Å². The summed E-state index contributed by atoms with van der Waals surface area (Å²) in [5, 5.41) is 3.46. The lowest BCUT2D eigenvalue weighted by Gasteiger charge is -2.39. The summed E-state index contributed by atoms with van der Waals surface area (Å²) in [6.45, 7) is 2.28. The number of likely N-dealkylation sites (tertiary alicyclic amines) is 1. The summed E-state index contributed by atoms with van der Waals surface area (Å²) in [7, 11) is -3.32. The van der Waals surface area contributed by atoms with E-state index < -0.39 is 10.0 Å². The van der Waals surface area contributed by atoms with Gasteiger partial charge in [-0.05, 0) is 55.8 Å². The summed E-state index contributed by atoms with van der Waals surface area (Å²) >= 11 is 5.97. The van der Waals surface area contributed by atoms with Crippen molar-refractivity contribution >= 4 is 38.9 Å². The maximum Gasteiger partial charge on any atom is 0.238 e. The minimum absolute atomic E-state index is 0.0761. The summed E-state index contributed by atoms with van der Waals surface area (Å²) < 4.78 is 26.1. The molecule has 1 saturated heterocycles. The van der Waals surface area contributed by atoms with Gasteiger partial charge in [-0.3, -0.25) is 14.0 Å². The Balaban J connectivity index is 1.42. The van der Waals surface area contributed by atoms with E-state index in [0.29, 0.717) is 23.8 Å². The zero-order valence-corrected chi connectivity index (χ0v) is 17.8. The Kier molecular flexibility index (Phi) is 5.31. The summed E-state index contributed by atoms with van der Waals surface area (Å²) in [4.78, 5) is 14.5. The molecule has 0 aromatic heterocycles. The van der Waals surface area contributed by atoms with E-state index in [2.05, 4.69) is 10.2 Å². The van der Waals surface area contributed by atoms with E-state index in [-0.39, 0.29) is 11.3 Å². The number of nitrogens with zero attached hydrogens (tertiary/aromatic N) is 2. The van der Waals surface area contributed by atoms with Gasteiger partial charge in [0, 0.05) is 22.7 Å². The molecule has 0 saturated carbocycles. The Morgan fingerprint density at radius 2 is 1.86 bits per heavy atom. The van der Waals surface area contributed by atoms with Crippen molar-refractivity contribution in [3.63, 3.8) is 0 Å². The highest BCUT2D eigenvalue weighted by atomic mass is 35.5. The zero-order valence-electron chi connectivity index (χ0n) is 16.3. The number of sulfonamides is 1. The molecule has 8 heteroatoms. The van der Waals surface area contributed by atoms with Gasteiger partial charge in [0.2, 0.25) is 15.9 Å². The monoisotopic (exact) mass is 433 g/mol. The maximum atomic E-state index is 12.4. The Labute approximate surface area is 176 Å². The number of amides is 1. The van der Waals surface area contributed by atoms with Crippen LogP contribution in [-0.4, -0.2) is 51.7 Å². The van der Waals surface area contributed by atoms with Gasteiger partial charge in [-0.15, -0.1) is 0 Å². The number of para-hydroxylation sites is 1. The largest absolute Gasteiger partial charge is 0.325 e. The van der Waals surface area contributed by atoms with Gasteiger partial charge >= 0.3 is 0 Å². The van der Waals surface area contributed by atoms with Crippen LogP contribution in [0.15, 0.2) is 48.5 Å². The summed E-state index contributed by atoms with van der Waals surface area (Å²) in [5.41, 5.74) is 2.40. The SMILES string of the molecule is CS(=O)(=O)N1CC2(CCN(CC(=O)Nc3cccc(Cl)c3)CC2)c2ccccc21. The molecule has 0 radical (unpaired) electrons. The van der Waals surface area contributed by atoms with Crippen molar-refractivity contribution in [3.8, 4) is 0 Å². The fraction of sp³-hybridized carbons (Fsp3) is 0.381. The minimum atomic E-state index is -3.32. The van der Waals surface area contributed by atoms with Crippen molar-refractivity contribution in [2.24, 2.45) is 0 Å². The average molecular weight is 434 g/mol. The third-order valence-electron chi connectivity index (χ3n) is 5.88. The van der Waals surface area contributed by atoms with Crippen molar-refractivity contribution in [2.45, 2.75) is 18.3 Å². The second-order valence-electron chi connectivity index (χ2n) is 7.90. The third kappa shape index (κ3) is 4.13. The van der Waals surface area contributed by atoms with Crippen molar-refractivity contribution in [3.05, 3.63) is 59.1 Å². The molecule has 29 heavy (non-hydrogen) atoms. The first-order chi connectivity index (χ1) is 13.8. The predicted molar refractivity (Wildman–Crippen MR) is 116 cm³/mol. The van der Waals surface area contributed by atoms with Crippen LogP contribution in [0.4, 0.5) is 11.4 Å². The van der Waals surface area contributed by atoms with Crippen molar-refractivity contribution in [1.82, 2.24) is 4.90 Å². The highest BCUT2D eigenvalue weighted by Gasteiger charge is 2.46. The molecule has 1 spiro atoms. The van der Waals surface area contributed by atoms with Crippen molar-refractivity contribution < 1.29 is 13.2 Å². The van der Waals surface area contributed by atoms with Crippen LogP contribution < -0.4 is 9.62 Å². The van der Waals surface area contributed by atoms with Gasteiger partial charge in [0.05, 0.1) is 18.5 Å². The number of piperidine rings is 1. The number of anilines is 2. The number of hydrogen-bond acceptors (Lipinski definition) is 4. The molecule has 0 aliphatic carbocycles. The van der Waals surface area contributed by atoms with Gasteiger partial charge < -0.3 is 5.32 Å². The van der Waals surface area contributed by atoms with E-state index in [0.717, 1.165) is 37.2 Å². The Morgan fingerprint density at radius 3 is 2.55 bits per heavy atom. The molecular formula is C21H24ClN3O3S. The molecule has 154 valence electrons. The van der Waals surface area contributed by atoms with E-state index >= 15 is 0 Å². The molecule has 2 aliphatic rings. The van der Waals surface area contributed by atoms with Crippen LogP contribution in [0.2, 0.25) is 5.02 Å². The van der Waals surface area contributed by atoms with Crippen LogP contribution in [0.3, 0.4) is 0 Å². The van der Waals surface area contributed by atoms with Gasteiger partial charge in [-0.1, -0.05) is 35.9 Å². The quantitative estimate of drug-likeness (QED) is 0.804. The van der Waals surface area contributed by atoms with Gasteiger partial charge in [-0.25, -0.2) is 8.42 Å². The Hall–Kier alpha value is -2.09.